The van der Waals surface area contributed by atoms with Gasteiger partial charge < -0.3 is 15.1 Å². The molecule has 4 rings (SSSR count). The third-order valence-electron chi connectivity index (χ3n) is 5.09. The normalized spacial score (nSPS) is 14.4. The van der Waals surface area contributed by atoms with Crippen molar-refractivity contribution < 1.29 is 9.18 Å². The Labute approximate surface area is 163 Å². The van der Waals surface area contributed by atoms with Gasteiger partial charge in [0, 0.05) is 49.2 Å². The third-order valence-corrected chi connectivity index (χ3v) is 5.09. The number of urea groups is 1. The zero-order valence-electron chi connectivity index (χ0n) is 15.9. The molecule has 0 aliphatic carbocycles. The maximum absolute atomic E-state index is 14.4. The second-order valence-electron chi connectivity index (χ2n) is 6.84. The highest BCUT2D eigenvalue weighted by Gasteiger charge is 2.22. The van der Waals surface area contributed by atoms with Crippen LogP contribution in [0.5, 0.6) is 0 Å². The van der Waals surface area contributed by atoms with E-state index in [2.05, 4.69) is 10.2 Å². The molecule has 0 saturated carbocycles. The third kappa shape index (κ3) is 3.50. The Kier molecular flexibility index (Phi) is 5.10. The summed E-state index contributed by atoms with van der Waals surface area (Å²) in [4.78, 5) is 20.9. The monoisotopic (exact) mass is 378 g/mol. The van der Waals surface area contributed by atoms with Crippen molar-refractivity contribution in [3.05, 3.63) is 60.4 Å². The second-order valence-corrected chi connectivity index (χ2v) is 6.84. The number of rotatable bonds is 3. The van der Waals surface area contributed by atoms with Crippen molar-refractivity contribution in [3.63, 3.8) is 0 Å². The molecule has 3 aromatic rings. The summed E-state index contributed by atoms with van der Waals surface area (Å²) in [5.74, 6) is 0.601. The van der Waals surface area contributed by atoms with Gasteiger partial charge in [-0.1, -0.05) is 36.4 Å². The van der Waals surface area contributed by atoms with Gasteiger partial charge in [0.05, 0.1) is 5.52 Å². The molecule has 1 N–H and O–H groups in total. The molecule has 0 bridgehead atoms. The average Bonchev–Trinajstić information content (AvgIpc) is 2.74. The molecule has 0 radical (unpaired) electrons. The summed E-state index contributed by atoms with van der Waals surface area (Å²) in [6.07, 6.45) is 0. The number of pyridine rings is 1. The first-order valence-corrected chi connectivity index (χ1v) is 9.60. The number of anilines is 1. The molecule has 6 heteroatoms. The SMILES string of the molecule is CCNC(=O)N1CCN(c2ccc3cccc(-c4ccccc4F)c3n2)CC1. The van der Waals surface area contributed by atoms with E-state index in [9.17, 15) is 9.18 Å². The van der Waals surface area contributed by atoms with Gasteiger partial charge in [-0.15, -0.1) is 0 Å². The van der Waals surface area contributed by atoms with E-state index in [1.165, 1.54) is 6.07 Å². The van der Waals surface area contributed by atoms with E-state index in [4.69, 9.17) is 4.98 Å². The fraction of sp³-hybridized carbons (Fsp3) is 0.273. The molecule has 1 aliphatic rings. The Morgan fingerprint density at radius 3 is 2.50 bits per heavy atom. The molecular weight excluding hydrogens is 355 g/mol. The molecule has 2 amide bonds. The quantitative estimate of drug-likeness (QED) is 0.752. The van der Waals surface area contributed by atoms with E-state index in [1.54, 1.807) is 12.1 Å². The predicted molar refractivity (Wildman–Crippen MR) is 110 cm³/mol. The van der Waals surface area contributed by atoms with Crippen LogP contribution < -0.4 is 10.2 Å². The predicted octanol–water partition coefficient (Wildman–Crippen LogP) is 3.89. The van der Waals surface area contributed by atoms with E-state index in [1.807, 2.05) is 48.2 Å². The van der Waals surface area contributed by atoms with Gasteiger partial charge in [0.2, 0.25) is 0 Å². The van der Waals surface area contributed by atoms with E-state index in [0.29, 0.717) is 25.2 Å². The molecule has 5 nitrogen and oxygen atoms in total. The molecule has 1 aliphatic heterocycles. The molecule has 2 heterocycles. The Morgan fingerprint density at radius 1 is 1.00 bits per heavy atom. The molecule has 144 valence electrons. The van der Waals surface area contributed by atoms with Crippen LogP contribution in [0.4, 0.5) is 15.0 Å². The van der Waals surface area contributed by atoms with Crippen LogP contribution in [-0.2, 0) is 0 Å². The number of carbonyl (C=O) groups excluding carboxylic acids is 1. The minimum absolute atomic E-state index is 0.0181. The lowest BCUT2D eigenvalue weighted by molar-refractivity contribution is 0.195. The van der Waals surface area contributed by atoms with Crippen LogP contribution in [0, 0.1) is 5.82 Å². The Bertz CT molecular complexity index is 999. The smallest absolute Gasteiger partial charge is 0.317 e. The van der Waals surface area contributed by atoms with Gasteiger partial charge in [-0.3, -0.25) is 0 Å². The number of hydrogen-bond acceptors (Lipinski definition) is 3. The van der Waals surface area contributed by atoms with Crippen molar-refractivity contribution in [2.75, 3.05) is 37.6 Å². The van der Waals surface area contributed by atoms with Crippen LogP contribution in [-0.4, -0.2) is 48.6 Å². The maximum Gasteiger partial charge on any atom is 0.317 e. The molecule has 0 spiro atoms. The van der Waals surface area contributed by atoms with Gasteiger partial charge in [-0.05, 0) is 25.1 Å². The fourth-order valence-corrected chi connectivity index (χ4v) is 3.61. The van der Waals surface area contributed by atoms with Crippen LogP contribution in [0.15, 0.2) is 54.6 Å². The van der Waals surface area contributed by atoms with Crippen LogP contribution in [0.25, 0.3) is 22.0 Å². The molecule has 2 aromatic carbocycles. The van der Waals surface area contributed by atoms with Crippen molar-refractivity contribution in [1.29, 1.82) is 0 Å². The lowest BCUT2D eigenvalue weighted by Gasteiger charge is -2.35. The Morgan fingerprint density at radius 2 is 1.75 bits per heavy atom. The van der Waals surface area contributed by atoms with Gasteiger partial charge in [-0.25, -0.2) is 14.2 Å². The first-order chi connectivity index (χ1) is 13.7. The van der Waals surface area contributed by atoms with Gasteiger partial charge in [-0.2, -0.15) is 0 Å². The summed E-state index contributed by atoms with van der Waals surface area (Å²) in [7, 11) is 0. The number of aromatic nitrogens is 1. The van der Waals surface area contributed by atoms with Crippen molar-refractivity contribution in [2.45, 2.75) is 6.92 Å². The van der Waals surface area contributed by atoms with Crippen LogP contribution >= 0.6 is 0 Å². The first kappa shape index (κ1) is 18.2. The van der Waals surface area contributed by atoms with E-state index in [0.717, 1.165) is 35.4 Å². The standard InChI is InChI=1S/C22H23FN4O/c1-2-24-22(28)27-14-12-26(13-15-27)20-11-10-16-6-5-8-18(21(16)25-20)17-7-3-4-9-19(17)23/h3-11H,2,12-15H2,1H3,(H,24,28). The zero-order chi connectivity index (χ0) is 19.5. The van der Waals surface area contributed by atoms with Crippen LogP contribution in [0.1, 0.15) is 6.92 Å². The van der Waals surface area contributed by atoms with Gasteiger partial charge >= 0.3 is 6.03 Å². The number of carbonyl (C=O) groups is 1. The molecule has 0 unspecified atom stereocenters. The Balaban J connectivity index is 1.63. The van der Waals surface area contributed by atoms with Gasteiger partial charge in [0.1, 0.15) is 11.6 Å². The lowest BCUT2D eigenvalue weighted by Crippen LogP contribution is -2.52. The number of para-hydroxylation sites is 1. The maximum atomic E-state index is 14.4. The van der Waals surface area contributed by atoms with Crippen molar-refractivity contribution >= 4 is 22.8 Å². The van der Waals surface area contributed by atoms with Gasteiger partial charge in [0.15, 0.2) is 0 Å². The zero-order valence-corrected chi connectivity index (χ0v) is 15.9. The molecule has 0 atom stereocenters. The lowest BCUT2D eigenvalue weighted by atomic mass is 10.0. The summed E-state index contributed by atoms with van der Waals surface area (Å²) in [5.41, 5.74) is 2.13. The average molecular weight is 378 g/mol. The largest absolute Gasteiger partial charge is 0.353 e. The van der Waals surface area contributed by atoms with Crippen LogP contribution in [0.2, 0.25) is 0 Å². The number of hydrogen-bond donors (Lipinski definition) is 1. The number of piperazine rings is 1. The first-order valence-electron chi connectivity index (χ1n) is 9.60. The second kappa shape index (κ2) is 7.84. The highest BCUT2D eigenvalue weighted by molar-refractivity contribution is 5.94. The number of amides is 2. The van der Waals surface area contributed by atoms with E-state index in [-0.39, 0.29) is 11.8 Å². The fourth-order valence-electron chi connectivity index (χ4n) is 3.61. The topological polar surface area (TPSA) is 48.5 Å². The minimum Gasteiger partial charge on any atom is -0.353 e. The number of halogens is 1. The summed E-state index contributed by atoms with van der Waals surface area (Å²) < 4.78 is 14.4. The molecule has 1 fully saturated rings. The molecular formula is C22H23FN4O. The van der Waals surface area contributed by atoms with E-state index < -0.39 is 0 Å². The number of nitrogens with one attached hydrogen (secondary N) is 1. The molecule has 1 aromatic heterocycles. The number of benzene rings is 2. The minimum atomic E-state index is -0.252. The number of nitrogens with zero attached hydrogens (tertiary/aromatic N) is 3. The van der Waals surface area contributed by atoms with E-state index >= 15 is 0 Å². The summed E-state index contributed by atoms with van der Waals surface area (Å²) in [6, 6.07) is 16.6. The molecule has 28 heavy (non-hydrogen) atoms. The van der Waals surface area contributed by atoms with Gasteiger partial charge in [0.25, 0.3) is 0 Å². The summed E-state index contributed by atoms with van der Waals surface area (Å²) >= 11 is 0. The molecule has 1 saturated heterocycles. The highest BCUT2D eigenvalue weighted by Crippen LogP contribution is 2.30. The van der Waals surface area contributed by atoms with Crippen LogP contribution in [0.3, 0.4) is 0 Å². The number of fused-ring (bicyclic) bond motifs is 1. The van der Waals surface area contributed by atoms with Crippen molar-refractivity contribution in [2.24, 2.45) is 0 Å². The summed E-state index contributed by atoms with van der Waals surface area (Å²) in [5, 5.41) is 3.82. The van der Waals surface area contributed by atoms with Crippen molar-refractivity contribution in [3.8, 4) is 11.1 Å². The summed E-state index contributed by atoms with van der Waals surface area (Å²) in [6.45, 7) is 5.29. The Hall–Kier alpha value is -3.15. The highest BCUT2D eigenvalue weighted by atomic mass is 19.1. The van der Waals surface area contributed by atoms with Crippen molar-refractivity contribution in [1.82, 2.24) is 15.2 Å².